The summed E-state index contributed by atoms with van der Waals surface area (Å²) < 4.78 is 55.1. The number of halogens is 2. The van der Waals surface area contributed by atoms with Crippen molar-refractivity contribution in [2.45, 2.75) is 10.9 Å². The predicted molar refractivity (Wildman–Crippen MR) is 91.4 cm³/mol. The summed E-state index contributed by atoms with van der Waals surface area (Å²) in [5, 5.41) is 0. The van der Waals surface area contributed by atoms with Crippen molar-refractivity contribution in [1.82, 2.24) is 4.72 Å². The molecule has 25 heavy (non-hydrogen) atoms. The Bertz CT molecular complexity index is 922. The second kappa shape index (κ2) is 7.13. The SMILES string of the molecule is O=S(=O)(NC(c1ccccc1)c1ccccc1)c1cc(F)ccc1F. The van der Waals surface area contributed by atoms with E-state index in [0.29, 0.717) is 17.2 Å². The van der Waals surface area contributed by atoms with E-state index in [1.165, 1.54) is 0 Å². The van der Waals surface area contributed by atoms with Crippen LogP contribution in [0.4, 0.5) is 8.78 Å². The molecule has 0 spiro atoms. The van der Waals surface area contributed by atoms with Gasteiger partial charge in [0.25, 0.3) is 0 Å². The van der Waals surface area contributed by atoms with Crippen LogP contribution in [-0.4, -0.2) is 8.42 Å². The van der Waals surface area contributed by atoms with Gasteiger partial charge in [-0.2, -0.15) is 4.72 Å². The minimum absolute atomic E-state index is 0.671. The third kappa shape index (κ3) is 3.92. The summed E-state index contributed by atoms with van der Waals surface area (Å²) in [5.41, 5.74) is 1.38. The van der Waals surface area contributed by atoms with E-state index in [0.717, 1.165) is 12.1 Å². The summed E-state index contributed by atoms with van der Waals surface area (Å²) in [5.74, 6) is -1.83. The highest BCUT2D eigenvalue weighted by molar-refractivity contribution is 7.89. The number of rotatable bonds is 5. The van der Waals surface area contributed by atoms with Crippen LogP contribution >= 0.6 is 0 Å². The molecule has 0 heterocycles. The third-order valence-electron chi connectivity index (χ3n) is 3.72. The Morgan fingerprint density at radius 3 is 1.80 bits per heavy atom. The maximum atomic E-state index is 13.9. The van der Waals surface area contributed by atoms with Crippen molar-refractivity contribution in [3.63, 3.8) is 0 Å². The van der Waals surface area contributed by atoms with Gasteiger partial charge in [0, 0.05) is 0 Å². The van der Waals surface area contributed by atoms with Crippen LogP contribution in [0.2, 0.25) is 0 Å². The predicted octanol–water partition coefficient (Wildman–Crippen LogP) is 4.03. The fraction of sp³-hybridized carbons (Fsp3) is 0.0526. The molecule has 0 saturated carbocycles. The first kappa shape index (κ1) is 17.3. The van der Waals surface area contributed by atoms with Gasteiger partial charge in [-0.15, -0.1) is 0 Å². The molecule has 0 atom stereocenters. The molecular weight excluding hydrogens is 344 g/mol. The molecule has 0 fully saturated rings. The lowest BCUT2D eigenvalue weighted by Gasteiger charge is -2.20. The quantitative estimate of drug-likeness (QED) is 0.748. The second-order valence-corrected chi connectivity index (χ2v) is 7.13. The average molecular weight is 359 g/mol. The smallest absolute Gasteiger partial charge is 0.207 e. The zero-order chi connectivity index (χ0) is 17.9. The number of nitrogens with one attached hydrogen (secondary N) is 1. The largest absolute Gasteiger partial charge is 0.244 e. The van der Waals surface area contributed by atoms with Crippen LogP contribution < -0.4 is 4.72 Å². The molecule has 3 aromatic carbocycles. The van der Waals surface area contributed by atoms with Crippen molar-refractivity contribution >= 4 is 10.0 Å². The minimum atomic E-state index is -4.27. The second-order valence-electron chi connectivity index (χ2n) is 5.45. The van der Waals surface area contributed by atoms with Gasteiger partial charge in [0.15, 0.2) is 0 Å². The lowest BCUT2D eigenvalue weighted by molar-refractivity contribution is 0.541. The summed E-state index contributed by atoms with van der Waals surface area (Å²) >= 11 is 0. The molecule has 0 aliphatic rings. The Morgan fingerprint density at radius 1 is 0.760 bits per heavy atom. The van der Waals surface area contributed by atoms with Crippen LogP contribution in [0.25, 0.3) is 0 Å². The first-order valence-electron chi connectivity index (χ1n) is 7.54. The molecular formula is C19H15F2NO2S. The molecule has 0 bridgehead atoms. The standard InChI is InChI=1S/C19H15F2NO2S/c20-16-11-12-17(21)18(13-16)25(23,24)22-19(14-7-3-1-4-8-14)15-9-5-2-6-10-15/h1-13,19,22H. The Balaban J connectivity index is 2.05. The molecule has 3 nitrogen and oxygen atoms in total. The molecule has 0 aliphatic heterocycles. The number of benzene rings is 3. The van der Waals surface area contributed by atoms with Gasteiger partial charge in [-0.1, -0.05) is 60.7 Å². The van der Waals surface area contributed by atoms with E-state index in [4.69, 9.17) is 0 Å². The fourth-order valence-electron chi connectivity index (χ4n) is 2.52. The molecule has 0 saturated heterocycles. The van der Waals surface area contributed by atoms with Crippen molar-refractivity contribution in [1.29, 1.82) is 0 Å². The molecule has 0 unspecified atom stereocenters. The zero-order valence-electron chi connectivity index (χ0n) is 13.1. The van der Waals surface area contributed by atoms with E-state index >= 15 is 0 Å². The minimum Gasteiger partial charge on any atom is -0.207 e. The van der Waals surface area contributed by atoms with E-state index in [-0.39, 0.29) is 0 Å². The molecule has 3 aromatic rings. The zero-order valence-corrected chi connectivity index (χ0v) is 13.9. The van der Waals surface area contributed by atoms with E-state index in [9.17, 15) is 17.2 Å². The van der Waals surface area contributed by atoms with Crippen molar-refractivity contribution in [3.05, 3.63) is 102 Å². The van der Waals surface area contributed by atoms with Crippen LogP contribution in [0, 0.1) is 11.6 Å². The average Bonchev–Trinajstić information content (AvgIpc) is 2.63. The van der Waals surface area contributed by atoms with Gasteiger partial charge >= 0.3 is 0 Å². The third-order valence-corrected chi connectivity index (χ3v) is 5.16. The lowest BCUT2D eigenvalue weighted by Crippen LogP contribution is -2.30. The Kier molecular flexibility index (Phi) is 4.92. The van der Waals surface area contributed by atoms with E-state index in [1.54, 1.807) is 48.5 Å². The maximum absolute atomic E-state index is 13.9. The fourth-order valence-corrected chi connectivity index (χ4v) is 3.82. The Morgan fingerprint density at radius 2 is 1.28 bits per heavy atom. The van der Waals surface area contributed by atoms with Gasteiger partial charge in [0.1, 0.15) is 16.5 Å². The number of hydrogen-bond donors (Lipinski definition) is 1. The van der Waals surface area contributed by atoms with Gasteiger partial charge in [-0.05, 0) is 29.3 Å². The maximum Gasteiger partial charge on any atom is 0.244 e. The van der Waals surface area contributed by atoms with Gasteiger partial charge in [0.2, 0.25) is 10.0 Å². The van der Waals surface area contributed by atoms with E-state index in [2.05, 4.69) is 4.72 Å². The van der Waals surface area contributed by atoms with Crippen molar-refractivity contribution in [2.75, 3.05) is 0 Å². The van der Waals surface area contributed by atoms with Crippen LogP contribution in [-0.2, 0) is 10.0 Å². The Hall–Kier alpha value is -2.57. The van der Waals surface area contributed by atoms with Crippen LogP contribution in [0.1, 0.15) is 17.2 Å². The summed E-state index contributed by atoms with van der Waals surface area (Å²) in [6.07, 6.45) is 0. The highest BCUT2D eigenvalue weighted by Gasteiger charge is 2.25. The summed E-state index contributed by atoms with van der Waals surface area (Å²) in [4.78, 5) is -0.718. The molecule has 1 N–H and O–H groups in total. The molecule has 0 aromatic heterocycles. The van der Waals surface area contributed by atoms with E-state index < -0.39 is 32.6 Å². The van der Waals surface area contributed by atoms with Crippen LogP contribution in [0.3, 0.4) is 0 Å². The molecule has 0 aliphatic carbocycles. The first-order chi connectivity index (χ1) is 12.0. The van der Waals surface area contributed by atoms with Crippen molar-refractivity contribution in [2.24, 2.45) is 0 Å². The summed E-state index contributed by atoms with van der Waals surface area (Å²) in [6.45, 7) is 0. The first-order valence-corrected chi connectivity index (χ1v) is 9.03. The normalized spacial score (nSPS) is 11.6. The molecule has 3 rings (SSSR count). The van der Waals surface area contributed by atoms with Gasteiger partial charge in [-0.25, -0.2) is 17.2 Å². The topological polar surface area (TPSA) is 46.2 Å². The van der Waals surface area contributed by atoms with Gasteiger partial charge in [-0.3, -0.25) is 0 Å². The number of sulfonamides is 1. The molecule has 0 radical (unpaired) electrons. The van der Waals surface area contributed by atoms with Gasteiger partial charge < -0.3 is 0 Å². The van der Waals surface area contributed by atoms with Gasteiger partial charge in [0.05, 0.1) is 6.04 Å². The summed E-state index contributed by atoms with van der Waals surface area (Å²) in [7, 11) is -4.27. The highest BCUT2D eigenvalue weighted by Crippen LogP contribution is 2.25. The lowest BCUT2D eigenvalue weighted by atomic mass is 10.00. The van der Waals surface area contributed by atoms with Crippen LogP contribution in [0.15, 0.2) is 83.8 Å². The van der Waals surface area contributed by atoms with Crippen molar-refractivity contribution < 1.29 is 17.2 Å². The molecule has 6 heteroatoms. The van der Waals surface area contributed by atoms with Crippen LogP contribution in [0.5, 0.6) is 0 Å². The Labute approximate surface area is 145 Å². The van der Waals surface area contributed by atoms with Crippen molar-refractivity contribution in [3.8, 4) is 0 Å². The molecule has 0 amide bonds. The monoisotopic (exact) mass is 359 g/mol. The molecule has 128 valence electrons. The summed E-state index contributed by atoms with van der Waals surface area (Å²) in [6, 6.07) is 19.4. The highest BCUT2D eigenvalue weighted by atomic mass is 32.2. The van der Waals surface area contributed by atoms with E-state index in [1.807, 2.05) is 12.1 Å². The number of hydrogen-bond acceptors (Lipinski definition) is 2.